The Balaban J connectivity index is 2.33. The van der Waals surface area contributed by atoms with Crippen LogP contribution in [0.2, 0.25) is 10.3 Å². The number of hydrogen-bond acceptors (Lipinski definition) is 3. The van der Waals surface area contributed by atoms with Gasteiger partial charge in [0.15, 0.2) is 5.82 Å². The van der Waals surface area contributed by atoms with Crippen LogP contribution in [0.25, 0.3) is 11.4 Å². The minimum Gasteiger partial charge on any atom is -0.494 e. The molecule has 1 heterocycles. The summed E-state index contributed by atoms with van der Waals surface area (Å²) in [5.74, 6) is 1.35. The molecule has 5 heteroatoms. The van der Waals surface area contributed by atoms with Crippen molar-refractivity contribution in [2.24, 2.45) is 0 Å². The van der Waals surface area contributed by atoms with E-state index in [1.807, 2.05) is 31.2 Å². The second-order valence-electron chi connectivity index (χ2n) is 4.31. The van der Waals surface area contributed by atoms with Crippen LogP contribution in [0.3, 0.4) is 0 Å². The molecule has 0 N–H and O–H groups in total. The summed E-state index contributed by atoms with van der Waals surface area (Å²) in [6, 6.07) is 7.55. The van der Waals surface area contributed by atoms with E-state index in [-0.39, 0.29) is 0 Å². The van der Waals surface area contributed by atoms with Crippen molar-refractivity contribution in [3.8, 4) is 17.1 Å². The number of benzene rings is 1. The lowest BCUT2D eigenvalue weighted by molar-refractivity contribution is 0.340. The van der Waals surface area contributed by atoms with Crippen molar-refractivity contribution in [1.82, 2.24) is 9.97 Å². The standard InChI is InChI=1S/C15H16Cl2N2O/c1-3-5-12-13(16)18-15(19-14(12)17)10-6-8-11(9-7-10)20-4-2/h6-9H,3-5H2,1-2H3. The highest BCUT2D eigenvalue weighted by atomic mass is 35.5. The lowest BCUT2D eigenvalue weighted by Crippen LogP contribution is -1.98. The number of halogens is 2. The highest BCUT2D eigenvalue weighted by Crippen LogP contribution is 2.27. The van der Waals surface area contributed by atoms with E-state index in [4.69, 9.17) is 27.9 Å². The molecule has 3 nitrogen and oxygen atoms in total. The molecule has 1 aromatic carbocycles. The molecule has 0 fully saturated rings. The molecular weight excluding hydrogens is 295 g/mol. The summed E-state index contributed by atoms with van der Waals surface area (Å²) in [5, 5.41) is 0.853. The van der Waals surface area contributed by atoms with Crippen LogP contribution in [-0.2, 0) is 6.42 Å². The Kier molecular flexibility index (Phi) is 5.21. The van der Waals surface area contributed by atoms with Crippen molar-refractivity contribution in [3.05, 3.63) is 40.1 Å². The summed E-state index contributed by atoms with van der Waals surface area (Å²) < 4.78 is 5.40. The fraction of sp³-hybridized carbons (Fsp3) is 0.333. The molecule has 0 aliphatic carbocycles. The van der Waals surface area contributed by atoms with E-state index in [0.29, 0.717) is 22.7 Å². The maximum atomic E-state index is 6.18. The molecule has 20 heavy (non-hydrogen) atoms. The Morgan fingerprint density at radius 1 is 1.00 bits per heavy atom. The summed E-state index contributed by atoms with van der Waals surface area (Å²) in [4.78, 5) is 8.66. The second-order valence-corrected chi connectivity index (χ2v) is 5.03. The van der Waals surface area contributed by atoms with Crippen LogP contribution in [0, 0.1) is 0 Å². The van der Waals surface area contributed by atoms with Crippen molar-refractivity contribution in [2.75, 3.05) is 6.61 Å². The van der Waals surface area contributed by atoms with E-state index in [0.717, 1.165) is 29.7 Å². The van der Waals surface area contributed by atoms with Gasteiger partial charge in [0, 0.05) is 11.1 Å². The SMILES string of the molecule is CCCc1c(Cl)nc(-c2ccc(OCC)cc2)nc1Cl. The van der Waals surface area contributed by atoms with Crippen LogP contribution in [0.5, 0.6) is 5.75 Å². The minimum atomic E-state index is 0.427. The van der Waals surface area contributed by atoms with Gasteiger partial charge in [-0.3, -0.25) is 0 Å². The Hall–Kier alpha value is -1.32. The van der Waals surface area contributed by atoms with Crippen LogP contribution in [-0.4, -0.2) is 16.6 Å². The Labute approximate surface area is 128 Å². The zero-order chi connectivity index (χ0) is 14.5. The summed E-state index contributed by atoms with van der Waals surface area (Å²) in [6.45, 7) is 4.65. The van der Waals surface area contributed by atoms with E-state index in [1.165, 1.54) is 0 Å². The quantitative estimate of drug-likeness (QED) is 0.744. The first kappa shape index (κ1) is 15.1. The largest absolute Gasteiger partial charge is 0.494 e. The van der Waals surface area contributed by atoms with Crippen molar-refractivity contribution < 1.29 is 4.74 Å². The van der Waals surface area contributed by atoms with E-state index in [2.05, 4.69) is 16.9 Å². The minimum absolute atomic E-state index is 0.427. The van der Waals surface area contributed by atoms with E-state index in [1.54, 1.807) is 0 Å². The van der Waals surface area contributed by atoms with Crippen molar-refractivity contribution in [1.29, 1.82) is 0 Å². The normalized spacial score (nSPS) is 10.6. The maximum absolute atomic E-state index is 6.18. The van der Waals surface area contributed by atoms with Crippen LogP contribution in [0.1, 0.15) is 25.8 Å². The molecular formula is C15H16Cl2N2O. The van der Waals surface area contributed by atoms with Gasteiger partial charge in [0.25, 0.3) is 0 Å². The highest BCUT2D eigenvalue weighted by Gasteiger charge is 2.12. The van der Waals surface area contributed by atoms with Gasteiger partial charge in [-0.2, -0.15) is 0 Å². The average molecular weight is 311 g/mol. The Morgan fingerprint density at radius 3 is 2.10 bits per heavy atom. The number of hydrogen-bond donors (Lipinski definition) is 0. The molecule has 0 amide bonds. The third-order valence-corrected chi connectivity index (χ3v) is 3.45. The Morgan fingerprint density at radius 2 is 1.60 bits per heavy atom. The van der Waals surface area contributed by atoms with Gasteiger partial charge < -0.3 is 4.74 Å². The molecule has 0 saturated heterocycles. The molecule has 0 atom stereocenters. The first-order chi connectivity index (χ1) is 9.65. The molecule has 2 rings (SSSR count). The molecule has 106 valence electrons. The summed E-state index contributed by atoms with van der Waals surface area (Å²) >= 11 is 12.4. The first-order valence-corrected chi connectivity index (χ1v) is 7.36. The van der Waals surface area contributed by atoms with Gasteiger partial charge in [0.2, 0.25) is 0 Å². The smallest absolute Gasteiger partial charge is 0.162 e. The van der Waals surface area contributed by atoms with E-state index in [9.17, 15) is 0 Å². The van der Waals surface area contributed by atoms with Gasteiger partial charge in [-0.1, -0.05) is 36.5 Å². The molecule has 2 aromatic rings. The van der Waals surface area contributed by atoms with Crippen molar-refractivity contribution in [3.63, 3.8) is 0 Å². The molecule has 0 spiro atoms. The second kappa shape index (κ2) is 6.91. The highest BCUT2D eigenvalue weighted by molar-refractivity contribution is 6.34. The lowest BCUT2D eigenvalue weighted by atomic mass is 10.2. The number of rotatable bonds is 5. The van der Waals surface area contributed by atoms with Crippen LogP contribution in [0.4, 0.5) is 0 Å². The fourth-order valence-electron chi connectivity index (χ4n) is 1.88. The number of ether oxygens (including phenoxy) is 1. The van der Waals surface area contributed by atoms with Gasteiger partial charge >= 0.3 is 0 Å². The van der Waals surface area contributed by atoms with Gasteiger partial charge in [0.05, 0.1) is 6.61 Å². The maximum Gasteiger partial charge on any atom is 0.162 e. The van der Waals surface area contributed by atoms with Crippen LogP contribution < -0.4 is 4.74 Å². The predicted molar refractivity (Wildman–Crippen MR) is 82.7 cm³/mol. The third-order valence-electron chi connectivity index (χ3n) is 2.83. The van der Waals surface area contributed by atoms with Crippen molar-refractivity contribution in [2.45, 2.75) is 26.7 Å². The number of aromatic nitrogens is 2. The molecule has 0 radical (unpaired) electrons. The van der Waals surface area contributed by atoms with Gasteiger partial charge in [-0.15, -0.1) is 0 Å². The zero-order valence-corrected chi connectivity index (χ0v) is 13.0. The van der Waals surface area contributed by atoms with Gasteiger partial charge in [-0.25, -0.2) is 9.97 Å². The summed E-state index contributed by atoms with van der Waals surface area (Å²) in [7, 11) is 0. The monoisotopic (exact) mass is 310 g/mol. The molecule has 0 aliphatic rings. The number of nitrogens with zero attached hydrogens (tertiary/aromatic N) is 2. The Bertz CT molecular complexity index is 562. The topological polar surface area (TPSA) is 35.0 Å². The molecule has 0 saturated carbocycles. The van der Waals surface area contributed by atoms with Gasteiger partial charge in [-0.05, 0) is 37.6 Å². The first-order valence-electron chi connectivity index (χ1n) is 6.60. The van der Waals surface area contributed by atoms with Crippen LogP contribution >= 0.6 is 23.2 Å². The van der Waals surface area contributed by atoms with Crippen molar-refractivity contribution >= 4 is 23.2 Å². The summed E-state index contributed by atoms with van der Waals surface area (Å²) in [6.07, 6.45) is 1.73. The molecule has 0 bridgehead atoms. The summed E-state index contributed by atoms with van der Waals surface area (Å²) in [5.41, 5.74) is 1.67. The average Bonchev–Trinajstić information content (AvgIpc) is 2.44. The fourth-order valence-corrected chi connectivity index (χ4v) is 2.46. The molecule has 0 aliphatic heterocycles. The third kappa shape index (κ3) is 3.41. The van der Waals surface area contributed by atoms with E-state index < -0.39 is 0 Å². The molecule has 1 aromatic heterocycles. The van der Waals surface area contributed by atoms with E-state index >= 15 is 0 Å². The lowest BCUT2D eigenvalue weighted by Gasteiger charge is -2.08. The molecule has 0 unspecified atom stereocenters. The van der Waals surface area contributed by atoms with Crippen LogP contribution in [0.15, 0.2) is 24.3 Å². The predicted octanol–water partition coefficient (Wildman–Crippen LogP) is 4.80. The van der Waals surface area contributed by atoms with Gasteiger partial charge in [0.1, 0.15) is 16.1 Å². The zero-order valence-electron chi connectivity index (χ0n) is 11.5.